The molecule has 2 aromatic carbocycles. The zero-order chi connectivity index (χ0) is 20.1. The average Bonchev–Trinajstić information content (AvgIpc) is 2.70. The first-order chi connectivity index (χ1) is 13.4. The van der Waals surface area contributed by atoms with E-state index in [0.717, 1.165) is 5.56 Å². The van der Waals surface area contributed by atoms with Gasteiger partial charge in [0.1, 0.15) is 5.82 Å². The average molecular weight is 425 g/mol. The molecular weight excluding hydrogens is 403 g/mol. The topological polar surface area (TPSA) is 66.5 Å². The summed E-state index contributed by atoms with van der Waals surface area (Å²) in [7, 11) is -3.57. The van der Waals surface area contributed by atoms with Gasteiger partial charge in [-0.2, -0.15) is 4.31 Å². The molecule has 3 rings (SSSR count). The van der Waals surface area contributed by atoms with E-state index in [-0.39, 0.29) is 22.5 Å². The van der Waals surface area contributed by atoms with Crippen molar-refractivity contribution in [1.82, 2.24) is 9.62 Å². The lowest BCUT2D eigenvalue weighted by Crippen LogP contribution is -2.43. The predicted molar refractivity (Wildman–Crippen MR) is 106 cm³/mol. The predicted octanol–water partition coefficient (Wildman–Crippen LogP) is 3.24. The molecule has 0 atom stereocenters. The van der Waals surface area contributed by atoms with Crippen LogP contribution >= 0.6 is 11.6 Å². The molecule has 8 heteroatoms. The Morgan fingerprint density at radius 2 is 1.68 bits per heavy atom. The van der Waals surface area contributed by atoms with Gasteiger partial charge in [0.2, 0.25) is 15.9 Å². The van der Waals surface area contributed by atoms with Gasteiger partial charge in [0, 0.05) is 30.6 Å². The van der Waals surface area contributed by atoms with Crippen molar-refractivity contribution in [1.29, 1.82) is 0 Å². The van der Waals surface area contributed by atoms with Crippen LogP contribution in [-0.2, 0) is 21.2 Å². The van der Waals surface area contributed by atoms with Gasteiger partial charge < -0.3 is 5.32 Å². The van der Waals surface area contributed by atoms with E-state index in [0.29, 0.717) is 43.9 Å². The van der Waals surface area contributed by atoms with Crippen molar-refractivity contribution in [2.75, 3.05) is 19.6 Å². The number of piperidine rings is 1. The van der Waals surface area contributed by atoms with Gasteiger partial charge in [0.15, 0.2) is 0 Å². The van der Waals surface area contributed by atoms with Gasteiger partial charge in [0.05, 0.1) is 4.90 Å². The van der Waals surface area contributed by atoms with E-state index in [4.69, 9.17) is 11.6 Å². The number of hydrogen-bond donors (Lipinski definition) is 1. The van der Waals surface area contributed by atoms with Crippen molar-refractivity contribution in [3.63, 3.8) is 0 Å². The first kappa shape index (κ1) is 20.8. The number of hydrogen-bond acceptors (Lipinski definition) is 3. The van der Waals surface area contributed by atoms with Gasteiger partial charge >= 0.3 is 0 Å². The first-order valence-electron chi connectivity index (χ1n) is 9.14. The van der Waals surface area contributed by atoms with Gasteiger partial charge in [-0.15, -0.1) is 0 Å². The third kappa shape index (κ3) is 5.10. The second-order valence-electron chi connectivity index (χ2n) is 6.80. The molecular formula is C20H22ClFN2O3S. The summed E-state index contributed by atoms with van der Waals surface area (Å²) in [5.41, 5.74) is 0.950. The van der Waals surface area contributed by atoms with Crippen LogP contribution in [0.15, 0.2) is 53.4 Å². The maximum atomic E-state index is 12.9. The minimum atomic E-state index is -3.57. The van der Waals surface area contributed by atoms with Crippen LogP contribution < -0.4 is 5.32 Å². The molecule has 1 aliphatic heterocycles. The molecule has 1 amide bonds. The molecule has 0 aliphatic carbocycles. The summed E-state index contributed by atoms with van der Waals surface area (Å²) >= 11 is 5.82. The van der Waals surface area contributed by atoms with E-state index < -0.39 is 10.0 Å². The normalized spacial score (nSPS) is 16.1. The fraction of sp³-hybridized carbons (Fsp3) is 0.350. The summed E-state index contributed by atoms with van der Waals surface area (Å²) in [6.07, 6.45) is 1.58. The summed E-state index contributed by atoms with van der Waals surface area (Å²) in [4.78, 5) is 12.6. The molecule has 0 radical (unpaired) electrons. The summed E-state index contributed by atoms with van der Waals surface area (Å²) in [6, 6.07) is 12.3. The van der Waals surface area contributed by atoms with Crippen LogP contribution in [0.1, 0.15) is 18.4 Å². The number of rotatable bonds is 6. The molecule has 0 spiro atoms. The van der Waals surface area contributed by atoms with Crippen molar-refractivity contribution >= 4 is 27.5 Å². The fourth-order valence-corrected chi connectivity index (χ4v) is 4.84. The maximum Gasteiger partial charge on any atom is 0.243 e. The SMILES string of the molecule is O=C(NCCc1ccc(F)cc1)C1CCN(S(=O)(=O)c2ccc(Cl)cc2)CC1. The van der Waals surface area contributed by atoms with Gasteiger partial charge in [-0.1, -0.05) is 23.7 Å². The van der Waals surface area contributed by atoms with E-state index in [1.165, 1.54) is 28.6 Å². The Kier molecular flexibility index (Phi) is 6.69. The van der Waals surface area contributed by atoms with Crippen LogP contribution in [0.5, 0.6) is 0 Å². The second-order valence-corrected chi connectivity index (χ2v) is 9.17. The third-order valence-corrected chi connectivity index (χ3v) is 7.07. The standard InChI is InChI=1S/C20H22ClFN2O3S/c21-17-3-7-19(8-4-17)28(26,27)24-13-10-16(11-14-24)20(25)23-12-9-15-1-5-18(22)6-2-15/h1-8,16H,9-14H2,(H,23,25). The molecule has 1 saturated heterocycles. The van der Waals surface area contributed by atoms with Gasteiger partial charge in [0.25, 0.3) is 0 Å². The highest BCUT2D eigenvalue weighted by molar-refractivity contribution is 7.89. The van der Waals surface area contributed by atoms with Crippen LogP contribution in [0.3, 0.4) is 0 Å². The largest absolute Gasteiger partial charge is 0.356 e. The second kappa shape index (κ2) is 9.03. The zero-order valence-corrected chi connectivity index (χ0v) is 16.8. The molecule has 1 aliphatic rings. The summed E-state index contributed by atoms with van der Waals surface area (Å²) in [5.74, 6) is -0.552. The van der Waals surface area contributed by atoms with Crippen LogP contribution in [-0.4, -0.2) is 38.3 Å². The van der Waals surface area contributed by atoms with Crippen molar-refractivity contribution < 1.29 is 17.6 Å². The van der Waals surface area contributed by atoms with Crippen molar-refractivity contribution in [2.24, 2.45) is 5.92 Å². The number of amides is 1. The highest BCUT2D eigenvalue weighted by atomic mass is 35.5. The van der Waals surface area contributed by atoms with Crippen LogP contribution in [0.25, 0.3) is 0 Å². The Morgan fingerprint density at radius 1 is 1.07 bits per heavy atom. The third-order valence-electron chi connectivity index (χ3n) is 4.90. The number of benzene rings is 2. The number of carbonyl (C=O) groups is 1. The molecule has 0 aromatic heterocycles. The number of halogens is 2. The molecule has 5 nitrogen and oxygen atoms in total. The molecule has 0 unspecified atom stereocenters. The number of nitrogens with zero attached hydrogens (tertiary/aromatic N) is 1. The van der Waals surface area contributed by atoms with E-state index in [9.17, 15) is 17.6 Å². The summed E-state index contributed by atoms with van der Waals surface area (Å²) in [5, 5.41) is 3.37. The smallest absolute Gasteiger partial charge is 0.243 e. The molecule has 150 valence electrons. The van der Waals surface area contributed by atoms with Gasteiger partial charge in [-0.25, -0.2) is 12.8 Å². The Hall–Kier alpha value is -1.96. The fourth-order valence-electron chi connectivity index (χ4n) is 3.24. The Bertz CT molecular complexity index is 909. The van der Waals surface area contributed by atoms with E-state index in [2.05, 4.69) is 5.32 Å². The van der Waals surface area contributed by atoms with Crippen molar-refractivity contribution in [3.05, 3.63) is 64.9 Å². The lowest BCUT2D eigenvalue weighted by molar-refractivity contribution is -0.126. The summed E-state index contributed by atoms with van der Waals surface area (Å²) < 4.78 is 39.7. The number of nitrogens with one attached hydrogen (secondary N) is 1. The van der Waals surface area contributed by atoms with E-state index in [1.807, 2.05) is 0 Å². The molecule has 0 bridgehead atoms. The quantitative estimate of drug-likeness (QED) is 0.774. The lowest BCUT2D eigenvalue weighted by atomic mass is 9.97. The van der Waals surface area contributed by atoms with E-state index in [1.54, 1.807) is 24.3 Å². The van der Waals surface area contributed by atoms with Crippen LogP contribution in [0, 0.1) is 11.7 Å². The van der Waals surface area contributed by atoms with E-state index >= 15 is 0 Å². The van der Waals surface area contributed by atoms with Crippen molar-refractivity contribution in [3.8, 4) is 0 Å². The van der Waals surface area contributed by atoms with Crippen LogP contribution in [0.2, 0.25) is 5.02 Å². The molecule has 1 N–H and O–H groups in total. The Morgan fingerprint density at radius 3 is 2.29 bits per heavy atom. The molecule has 0 saturated carbocycles. The number of sulfonamides is 1. The number of carbonyl (C=O) groups excluding carboxylic acids is 1. The summed E-state index contributed by atoms with van der Waals surface area (Å²) in [6.45, 7) is 1.08. The van der Waals surface area contributed by atoms with Crippen LogP contribution in [0.4, 0.5) is 4.39 Å². The lowest BCUT2D eigenvalue weighted by Gasteiger charge is -2.30. The highest BCUT2D eigenvalue weighted by Crippen LogP contribution is 2.24. The minimum Gasteiger partial charge on any atom is -0.356 e. The Balaban J connectivity index is 1.48. The minimum absolute atomic E-state index is 0.0642. The Labute approximate surface area is 169 Å². The molecule has 28 heavy (non-hydrogen) atoms. The zero-order valence-electron chi connectivity index (χ0n) is 15.3. The van der Waals surface area contributed by atoms with Gasteiger partial charge in [-0.05, 0) is 61.2 Å². The molecule has 1 fully saturated rings. The molecule has 1 heterocycles. The molecule has 2 aromatic rings. The monoisotopic (exact) mass is 424 g/mol. The maximum absolute atomic E-state index is 12.9. The highest BCUT2D eigenvalue weighted by Gasteiger charge is 2.31. The van der Waals surface area contributed by atoms with Gasteiger partial charge in [-0.3, -0.25) is 4.79 Å². The first-order valence-corrected chi connectivity index (χ1v) is 11.0. The van der Waals surface area contributed by atoms with Crippen molar-refractivity contribution in [2.45, 2.75) is 24.2 Å².